The number of hydrogen-bond acceptors (Lipinski definition) is 3. The van der Waals surface area contributed by atoms with Gasteiger partial charge in [0.25, 0.3) is 0 Å². The Labute approximate surface area is 131 Å². The van der Waals surface area contributed by atoms with Crippen LogP contribution in [0, 0.1) is 5.92 Å². The first kappa shape index (κ1) is 14.1. The first-order chi connectivity index (χ1) is 10.3. The van der Waals surface area contributed by atoms with Crippen molar-refractivity contribution in [1.29, 1.82) is 0 Å². The van der Waals surface area contributed by atoms with E-state index in [9.17, 15) is 5.11 Å². The van der Waals surface area contributed by atoms with Gasteiger partial charge in [0.05, 0.1) is 11.7 Å². The fraction of sp³-hybridized carbons (Fsp3) is 0.667. The van der Waals surface area contributed by atoms with Crippen LogP contribution in [0.1, 0.15) is 44.1 Å². The van der Waals surface area contributed by atoms with E-state index >= 15 is 0 Å². The molecule has 1 saturated carbocycles. The highest BCUT2D eigenvalue weighted by molar-refractivity contribution is 8.00. The van der Waals surface area contributed by atoms with Crippen LogP contribution < -0.4 is 0 Å². The smallest absolute Gasteiger partial charge is 0.0695 e. The van der Waals surface area contributed by atoms with E-state index in [0.717, 1.165) is 25.9 Å². The van der Waals surface area contributed by atoms with Crippen LogP contribution in [0.15, 0.2) is 29.2 Å². The van der Waals surface area contributed by atoms with Crippen LogP contribution >= 0.6 is 11.8 Å². The number of rotatable bonds is 2. The van der Waals surface area contributed by atoms with Gasteiger partial charge in [0.1, 0.15) is 0 Å². The number of aliphatic hydroxyl groups excluding tert-OH is 1. The van der Waals surface area contributed by atoms with Crippen LogP contribution in [0.5, 0.6) is 0 Å². The van der Waals surface area contributed by atoms with Crippen LogP contribution in [0.4, 0.5) is 0 Å². The lowest BCUT2D eigenvalue weighted by Gasteiger charge is -2.41. The summed E-state index contributed by atoms with van der Waals surface area (Å²) in [6.45, 7) is 0.839. The average Bonchev–Trinajstić information content (AvgIpc) is 3.13. The Hall–Kier alpha value is -0.510. The van der Waals surface area contributed by atoms with Crippen molar-refractivity contribution in [3.63, 3.8) is 0 Å². The van der Waals surface area contributed by atoms with E-state index < -0.39 is 0 Å². The van der Waals surface area contributed by atoms with Crippen molar-refractivity contribution in [3.05, 3.63) is 29.8 Å². The summed E-state index contributed by atoms with van der Waals surface area (Å²) >= 11 is 1.88. The number of hydrogen-bond donors (Lipinski definition) is 1. The van der Waals surface area contributed by atoms with E-state index in [1.165, 1.54) is 36.1 Å². The SMILES string of the molecule is OC(C1CCOC2(CCCC2)C1)C1Cc2ccccc2S1. The molecule has 1 aromatic rings. The highest BCUT2D eigenvalue weighted by Gasteiger charge is 2.44. The van der Waals surface area contributed by atoms with Gasteiger partial charge in [-0.05, 0) is 49.7 Å². The fourth-order valence-electron chi connectivity index (χ4n) is 4.43. The van der Waals surface area contributed by atoms with E-state index in [1.807, 2.05) is 11.8 Å². The summed E-state index contributed by atoms with van der Waals surface area (Å²) in [5.74, 6) is 0.420. The Balaban J connectivity index is 1.45. The molecule has 2 heterocycles. The zero-order valence-corrected chi connectivity index (χ0v) is 13.3. The summed E-state index contributed by atoms with van der Waals surface area (Å²) in [5.41, 5.74) is 1.52. The van der Waals surface area contributed by atoms with Gasteiger partial charge in [-0.25, -0.2) is 0 Å². The van der Waals surface area contributed by atoms with Crippen molar-refractivity contribution in [3.8, 4) is 0 Å². The third-order valence-electron chi connectivity index (χ3n) is 5.58. The molecular formula is C18H24O2S. The minimum absolute atomic E-state index is 0.111. The van der Waals surface area contributed by atoms with Gasteiger partial charge in [0, 0.05) is 16.8 Å². The molecule has 0 radical (unpaired) electrons. The molecule has 3 aliphatic rings. The molecule has 3 unspecified atom stereocenters. The van der Waals surface area contributed by atoms with Crippen LogP contribution in [0.2, 0.25) is 0 Å². The summed E-state index contributed by atoms with van der Waals surface area (Å²) in [4.78, 5) is 1.36. The van der Waals surface area contributed by atoms with Gasteiger partial charge < -0.3 is 9.84 Å². The fourth-order valence-corrected chi connectivity index (χ4v) is 5.84. The van der Waals surface area contributed by atoms with Crippen molar-refractivity contribution < 1.29 is 9.84 Å². The van der Waals surface area contributed by atoms with E-state index in [-0.39, 0.29) is 11.7 Å². The molecule has 4 rings (SSSR count). The normalized spacial score (nSPS) is 32.2. The molecule has 114 valence electrons. The maximum atomic E-state index is 10.9. The molecule has 2 nitrogen and oxygen atoms in total. The van der Waals surface area contributed by atoms with Crippen molar-refractivity contribution in [1.82, 2.24) is 0 Å². The molecule has 1 N–H and O–H groups in total. The lowest BCUT2D eigenvalue weighted by atomic mass is 9.80. The minimum atomic E-state index is -0.191. The highest BCUT2D eigenvalue weighted by atomic mass is 32.2. The van der Waals surface area contributed by atoms with E-state index in [4.69, 9.17) is 4.74 Å². The summed E-state index contributed by atoms with van der Waals surface area (Å²) in [6, 6.07) is 8.60. The lowest BCUT2D eigenvalue weighted by Crippen LogP contribution is -2.43. The first-order valence-electron chi connectivity index (χ1n) is 8.32. The Morgan fingerprint density at radius 3 is 2.86 bits per heavy atom. The van der Waals surface area contributed by atoms with Gasteiger partial charge >= 0.3 is 0 Å². The van der Waals surface area contributed by atoms with Crippen LogP contribution in [0.3, 0.4) is 0 Å². The van der Waals surface area contributed by atoms with Crippen LogP contribution in [-0.4, -0.2) is 28.7 Å². The predicted octanol–water partition coefficient (Wildman–Crippen LogP) is 3.80. The largest absolute Gasteiger partial charge is 0.392 e. The van der Waals surface area contributed by atoms with Gasteiger partial charge in [-0.2, -0.15) is 0 Å². The number of aliphatic hydroxyl groups is 1. The second-order valence-corrected chi connectivity index (χ2v) is 8.23. The van der Waals surface area contributed by atoms with Crippen molar-refractivity contribution >= 4 is 11.8 Å². The summed E-state index contributed by atoms with van der Waals surface area (Å²) in [7, 11) is 0. The monoisotopic (exact) mass is 304 g/mol. The molecule has 2 fully saturated rings. The van der Waals surface area contributed by atoms with Gasteiger partial charge in [-0.3, -0.25) is 0 Å². The quantitative estimate of drug-likeness (QED) is 0.901. The van der Waals surface area contributed by atoms with Crippen molar-refractivity contribution in [2.45, 2.75) is 66.8 Å². The molecule has 21 heavy (non-hydrogen) atoms. The first-order valence-corrected chi connectivity index (χ1v) is 9.20. The minimum Gasteiger partial charge on any atom is -0.392 e. The molecule has 1 saturated heterocycles. The Bertz CT molecular complexity index is 485. The molecule has 0 aromatic heterocycles. The van der Waals surface area contributed by atoms with Gasteiger partial charge in [-0.1, -0.05) is 31.0 Å². The molecule has 3 heteroatoms. The number of benzene rings is 1. The molecule has 0 amide bonds. The number of thioether (sulfide) groups is 1. The Morgan fingerprint density at radius 1 is 1.24 bits per heavy atom. The van der Waals surface area contributed by atoms with E-state index in [0.29, 0.717) is 11.2 Å². The molecular weight excluding hydrogens is 280 g/mol. The van der Waals surface area contributed by atoms with Crippen molar-refractivity contribution in [2.24, 2.45) is 5.92 Å². The molecule has 1 aliphatic carbocycles. The molecule has 3 atom stereocenters. The van der Waals surface area contributed by atoms with E-state index in [2.05, 4.69) is 24.3 Å². The molecule has 1 spiro atoms. The van der Waals surface area contributed by atoms with Gasteiger partial charge in [0.2, 0.25) is 0 Å². The Morgan fingerprint density at radius 2 is 2.05 bits per heavy atom. The topological polar surface area (TPSA) is 29.5 Å². The maximum Gasteiger partial charge on any atom is 0.0695 e. The number of ether oxygens (including phenoxy) is 1. The summed E-state index contributed by atoms with van der Waals surface area (Å²) in [5, 5.41) is 11.3. The third kappa shape index (κ3) is 2.64. The van der Waals surface area contributed by atoms with E-state index in [1.54, 1.807) is 0 Å². The van der Waals surface area contributed by atoms with Crippen molar-refractivity contribution in [2.75, 3.05) is 6.61 Å². The molecule has 1 aromatic carbocycles. The van der Waals surface area contributed by atoms with Crippen LogP contribution in [-0.2, 0) is 11.2 Å². The zero-order chi connectivity index (χ0) is 14.3. The summed E-state index contributed by atoms with van der Waals surface area (Å²) < 4.78 is 6.11. The van der Waals surface area contributed by atoms with Gasteiger partial charge in [0.15, 0.2) is 0 Å². The molecule has 0 bridgehead atoms. The average molecular weight is 304 g/mol. The molecule has 2 aliphatic heterocycles. The van der Waals surface area contributed by atoms with Gasteiger partial charge in [-0.15, -0.1) is 11.8 Å². The second kappa shape index (κ2) is 5.60. The third-order valence-corrected chi connectivity index (χ3v) is 6.98. The number of fused-ring (bicyclic) bond motifs is 1. The predicted molar refractivity (Wildman–Crippen MR) is 85.7 cm³/mol. The summed E-state index contributed by atoms with van der Waals surface area (Å²) in [6.07, 6.45) is 7.93. The maximum absolute atomic E-state index is 10.9. The van der Waals surface area contributed by atoms with Crippen LogP contribution in [0.25, 0.3) is 0 Å². The zero-order valence-electron chi connectivity index (χ0n) is 12.5. The second-order valence-electron chi connectivity index (χ2n) is 6.95. The Kier molecular flexibility index (Phi) is 3.76. The standard InChI is InChI=1S/C18H24O2S/c19-17(16-11-13-5-1-2-6-15(13)21-16)14-7-10-20-18(12-14)8-3-4-9-18/h1-2,5-6,14,16-17,19H,3-4,7-12H2. The lowest BCUT2D eigenvalue weighted by molar-refractivity contribution is -0.112. The highest BCUT2D eigenvalue weighted by Crippen LogP contribution is 2.46.